The van der Waals surface area contributed by atoms with E-state index in [4.69, 9.17) is 4.74 Å². The van der Waals surface area contributed by atoms with Gasteiger partial charge in [0.05, 0.1) is 5.69 Å². The number of H-pyrrole nitrogens is 1. The largest absolute Gasteiger partial charge is 0.381 e. The minimum absolute atomic E-state index is 0.0600. The SMILES string of the molecule is O=C(NC1CCC12CCOCC2)c1cc(-c2ccccc2)n[nH]1. The number of rotatable bonds is 3. The van der Waals surface area contributed by atoms with Crippen molar-refractivity contribution in [3.05, 3.63) is 42.1 Å². The third-order valence-electron chi connectivity index (χ3n) is 5.36. The topological polar surface area (TPSA) is 67.0 Å². The molecule has 1 unspecified atom stereocenters. The Morgan fingerprint density at radius 1 is 1.22 bits per heavy atom. The first-order valence-corrected chi connectivity index (χ1v) is 8.26. The molecule has 1 saturated heterocycles. The fourth-order valence-corrected chi connectivity index (χ4v) is 3.73. The lowest BCUT2D eigenvalue weighted by molar-refractivity contribution is -0.0523. The van der Waals surface area contributed by atoms with Crippen molar-refractivity contribution in [1.29, 1.82) is 0 Å². The monoisotopic (exact) mass is 311 g/mol. The van der Waals surface area contributed by atoms with Crippen LogP contribution < -0.4 is 5.32 Å². The second kappa shape index (κ2) is 5.81. The molecule has 1 aliphatic carbocycles. The number of carbonyl (C=O) groups excluding carboxylic acids is 1. The van der Waals surface area contributed by atoms with Crippen LogP contribution in [0.4, 0.5) is 0 Å². The molecule has 1 amide bonds. The number of nitrogens with one attached hydrogen (secondary N) is 2. The maximum Gasteiger partial charge on any atom is 0.269 e. The van der Waals surface area contributed by atoms with E-state index in [2.05, 4.69) is 15.5 Å². The van der Waals surface area contributed by atoms with E-state index in [1.54, 1.807) is 0 Å². The summed E-state index contributed by atoms with van der Waals surface area (Å²) in [4.78, 5) is 12.5. The summed E-state index contributed by atoms with van der Waals surface area (Å²) in [5.74, 6) is -0.0600. The van der Waals surface area contributed by atoms with Crippen LogP contribution in [0.3, 0.4) is 0 Å². The molecule has 1 spiro atoms. The highest BCUT2D eigenvalue weighted by atomic mass is 16.5. The molecule has 1 aliphatic heterocycles. The van der Waals surface area contributed by atoms with Gasteiger partial charge in [0.2, 0.25) is 0 Å². The van der Waals surface area contributed by atoms with Crippen LogP contribution in [0.25, 0.3) is 11.3 Å². The van der Waals surface area contributed by atoms with Gasteiger partial charge in [0, 0.05) is 24.8 Å². The number of hydrogen-bond donors (Lipinski definition) is 2. The molecule has 1 aromatic heterocycles. The summed E-state index contributed by atoms with van der Waals surface area (Å²) in [5.41, 5.74) is 2.59. The summed E-state index contributed by atoms with van der Waals surface area (Å²) in [6.45, 7) is 1.63. The van der Waals surface area contributed by atoms with Gasteiger partial charge in [-0.05, 0) is 37.2 Å². The molecule has 2 N–H and O–H groups in total. The zero-order valence-electron chi connectivity index (χ0n) is 13.0. The molecule has 120 valence electrons. The van der Waals surface area contributed by atoms with E-state index in [1.807, 2.05) is 36.4 Å². The Hall–Kier alpha value is -2.14. The van der Waals surface area contributed by atoms with Crippen LogP contribution >= 0.6 is 0 Å². The number of carbonyl (C=O) groups is 1. The summed E-state index contributed by atoms with van der Waals surface area (Å²) in [7, 11) is 0. The van der Waals surface area contributed by atoms with Gasteiger partial charge in [0.15, 0.2) is 0 Å². The Morgan fingerprint density at radius 2 is 2.00 bits per heavy atom. The molecule has 4 rings (SSSR count). The highest BCUT2D eigenvalue weighted by Gasteiger charge is 2.48. The molecule has 2 heterocycles. The summed E-state index contributed by atoms with van der Waals surface area (Å²) in [6, 6.07) is 12.0. The van der Waals surface area contributed by atoms with Crippen molar-refractivity contribution in [1.82, 2.24) is 15.5 Å². The fourth-order valence-electron chi connectivity index (χ4n) is 3.73. The highest BCUT2D eigenvalue weighted by Crippen LogP contribution is 2.48. The van der Waals surface area contributed by atoms with E-state index in [1.165, 1.54) is 6.42 Å². The summed E-state index contributed by atoms with van der Waals surface area (Å²) >= 11 is 0. The lowest BCUT2D eigenvalue weighted by Gasteiger charge is -2.52. The average Bonchev–Trinajstić information content (AvgIpc) is 3.10. The normalized spacial score (nSPS) is 22.5. The number of ether oxygens (including phenoxy) is 1. The predicted octanol–water partition coefficient (Wildman–Crippen LogP) is 2.77. The van der Waals surface area contributed by atoms with Crippen LogP contribution in [0, 0.1) is 5.41 Å². The van der Waals surface area contributed by atoms with Gasteiger partial charge < -0.3 is 10.1 Å². The van der Waals surface area contributed by atoms with Crippen molar-refractivity contribution < 1.29 is 9.53 Å². The van der Waals surface area contributed by atoms with E-state index in [0.29, 0.717) is 5.69 Å². The van der Waals surface area contributed by atoms with Gasteiger partial charge in [-0.2, -0.15) is 5.10 Å². The summed E-state index contributed by atoms with van der Waals surface area (Å²) in [5, 5.41) is 10.3. The van der Waals surface area contributed by atoms with Crippen molar-refractivity contribution in [2.24, 2.45) is 5.41 Å². The first kappa shape index (κ1) is 14.5. The van der Waals surface area contributed by atoms with E-state index in [9.17, 15) is 4.79 Å². The van der Waals surface area contributed by atoms with Gasteiger partial charge in [-0.3, -0.25) is 9.89 Å². The van der Waals surface area contributed by atoms with Crippen LogP contribution in [-0.4, -0.2) is 35.4 Å². The smallest absolute Gasteiger partial charge is 0.269 e. The third kappa shape index (κ3) is 2.65. The van der Waals surface area contributed by atoms with Crippen LogP contribution in [0.5, 0.6) is 0 Å². The van der Waals surface area contributed by atoms with Gasteiger partial charge >= 0.3 is 0 Å². The van der Waals surface area contributed by atoms with Gasteiger partial charge in [0.25, 0.3) is 5.91 Å². The standard InChI is InChI=1S/C18H21N3O2/c22-17(19-16-6-7-18(16)8-10-23-11-9-18)15-12-14(20-21-15)13-4-2-1-3-5-13/h1-5,12,16H,6-11H2,(H,19,22)(H,20,21). The average molecular weight is 311 g/mol. The number of nitrogens with zero attached hydrogens (tertiary/aromatic N) is 1. The minimum atomic E-state index is -0.0600. The molecule has 2 aromatic rings. The Labute approximate surface area is 135 Å². The molecule has 2 aliphatic rings. The quantitative estimate of drug-likeness (QED) is 0.916. The predicted molar refractivity (Wildman–Crippen MR) is 87.0 cm³/mol. The molecule has 1 saturated carbocycles. The molecule has 23 heavy (non-hydrogen) atoms. The lowest BCUT2D eigenvalue weighted by Crippen LogP contribution is -2.57. The molecule has 1 atom stereocenters. The number of aromatic amines is 1. The Kier molecular flexibility index (Phi) is 3.65. The Morgan fingerprint density at radius 3 is 2.70 bits per heavy atom. The van der Waals surface area contributed by atoms with Crippen molar-refractivity contribution in [3.63, 3.8) is 0 Å². The van der Waals surface area contributed by atoms with Gasteiger partial charge in [-0.1, -0.05) is 30.3 Å². The molecule has 5 nitrogen and oxygen atoms in total. The van der Waals surface area contributed by atoms with Crippen molar-refractivity contribution in [2.75, 3.05) is 13.2 Å². The van der Waals surface area contributed by atoms with Crippen molar-refractivity contribution in [3.8, 4) is 11.3 Å². The molecule has 0 bridgehead atoms. The maximum absolute atomic E-state index is 12.5. The number of amides is 1. The highest BCUT2D eigenvalue weighted by molar-refractivity contribution is 5.93. The first-order chi connectivity index (χ1) is 11.3. The molecular formula is C18H21N3O2. The van der Waals surface area contributed by atoms with Gasteiger partial charge in [-0.15, -0.1) is 0 Å². The molecule has 0 radical (unpaired) electrons. The maximum atomic E-state index is 12.5. The van der Waals surface area contributed by atoms with E-state index in [-0.39, 0.29) is 17.4 Å². The van der Waals surface area contributed by atoms with Crippen LogP contribution in [0.2, 0.25) is 0 Å². The number of aromatic nitrogens is 2. The van der Waals surface area contributed by atoms with E-state index >= 15 is 0 Å². The zero-order valence-corrected chi connectivity index (χ0v) is 13.0. The van der Waals surface area contributed by atoms with Crippen LogP contribution in [0.15, 0.2) is 36.4 Å². The Bertz CT molecular complexity index is 689. The Balaban J connectivity index is 1.45. The second-order valence-corrected chi connectivity index (χ2v) is 6.57. The molecular weight excluding hydrogens is 290 g/mol. The fraction of sp³-hybridized carbons (Fsp3) is 0.444. The molecule has 5 heteroatoms. The van der Waals surface area contributed by atoms with E-state index < -0.39 is 0 Å². The number of benzene rings is 1. The van der Waals surface area contributed by atoms with Gasteiger partial charge in [-0.25, -0.2) is 0 Å². The summed E-state index contributed by atoms with van der Waals surface area (Å²) in [6.07, 6.45) is 4.36. The summed E-state index contributed by atoms with van der Waals surface area (Å²) < 4.78 is 5.46. The third-order valence-corrected chi connectivity index (χ3v) is 5.36. The molecule has 2 fully saturated rings. The lowest BCUT2D eigenvalue weighted by atomic mass is 9.60. The van der Waals surface area contributed by atoms with Crippen LogP contribution in [-0.2, 0) is 4.74 Å². The van der Waals surface area contributed by atoms with Crippen molar-refractivity contribution >= 4 is 5.91 Å². The van der Waals surface area contributed by atoms with Crippen molar-refractivity contribution in [2.45, 2.75) is 31.7 Å². The first-order valence-electron chi connectivity index (χ1n) is 8.26. The second-order valence-electron chi connectivity index (χ2n) is 6.57. The van der Waals surface area contributed by atoms with E-state index in [0.717, 1.165) is 43.7 Å². The van der Waals surface area contributed by atoms with Crippen LogP contribution in [0.1, 0.15) is 36.2 Å². The van der Waals surface area contributed by atoms with Gasteiger partial charge in [0.1, 0.15) is 5.69 Å². The number of hydrogen-bond acceptors (Lipinski definition) is 3. The zero-order chi connectivity index (χ0) is 15.7. The molecule has 1 aromatic carbocycles. The minimum Gasteiger partial charge on any atom is -0.381 e.